The molecule has 5 rings (SSSR count). The van der Waals surface area contributed by atoms with Gasteiger partial charge in [-0.2, -0.15) is 0 Å². The number of tetrazole rings is 1. The summed E-state index contributed by atoms with van der Waals surface area (Å²) in [5.74, 6) is 0.425. The summed E-state index contributed by atoms with van der Waals surface area (Å²) < 4.78 is 0. The molecule has 0 atom stereocenters. The molecule has 0 aliphatic carbocycles. The summed E-state index contributed by atoms with van der Waals surface area (Å²) in [6, 6.07) is 17.2. The highest BCUT2D eigenvalue weighted by atomic mass is 35.5. The Kier molecular flexibility index (Phi) is 6.22. The smallest absolute Gasteiger partial charge is 0.319 e. The maximum atomic E-state index is 12.8. The fourth-order valence-electron chi connectivity index (χ4n) is 3.88. The first-order chi connectivity index (χ1) is 16.0. The number of pyridine rings is 1. The lowest BCUT2D eigenvalue weighted by Gasteiger charge is -2.33. The van der Waals surface area contributed by atoms with Gasteiger partial charge in [0, 0.05) is 54.6 Å². The van der Waals surface area contributed by atoms with Crippen molar-refractivity contribution in [1.82, 2.24) is 35.0 Å². The van der Waals surface area contributed by atoms with E-state index in [2.05, 4.69) is 38.5 Å². The first kappa shape index (κ1) is 21.8. The molecule has 0 spiro atoms. The van der Waals surface area contributed by atoms with E-state index in [9.17, 15) is 4.79 Å². The average molecular weight is 482 g/mol. The van der Waals surface area contributed by atoms with E-state index in [-0.39, 0.29) is 6.03 Å². The third kappa shape index (κ3) is 4.98. The second-order valence-corrected chi connectivity index (χ2v) is 8.79. The molecule has 33 heavy (non-hydrogen) atoms. The van der Waals surface area contributed by atoms with Crippen molar-refractivity contribution in [2.45, 2.75) is 13.0 Å². The first-order valence-electron chi connectivity index (χ1n) is 10.6. The highest BCUT2D eigenvalue weighted by molar-refractivity contribution is 6.35. The Bertz CT molecular complexity index is 1300. The molecule has 0 radical (unpaired) electrons. The molecule has 8 nitrogen and oxygen atoms in total. The van der Waals surface area contributed by atoms with Crippen molar-refractivity contribution >= 4 is 40.1 Å². The van der Waals surface area contributed by atoms with Crippen LogP contribution in [0.4, 0.5) is 4.79 Å². The molecule has 1 fully saturated rings. The van der Waals surface area contributed by atoms with Crippen molar-refractivity contribution in [2.75, 3.05) is 26.2 Å². The average Bonchev–Trinajstić information content (AvgIpc) is 3.29. The van der Waals surface area contributed by atoms with Gasteiger partial charge in [0.15, 0.2) is 5.82 Å². The van der Waals surface area contributed by atoms with Crippen LogP contribution >= 0.6 is 23.2 Å². The fourth-order valence-corrected chi connectivity index (χ4v) is 4.35. The number of piperazine rings is 1. The molecule has 168 valence electrons. The van der Waals surface area contributed by atoms with E-state index in [1.165, 1.54) is 0 Å². The molecular weight excluding hydrogens is 461 g/mol. The summed E-state index contributed by atoms with van der Waals surface area (Å²) >= 11 is 12.2. The van der Waals surface area contributed by atoms with Gasteiger partial charge in [0.2, 0.25) is 0 Å². The third-order valence-corrected chi connectivity index (χ3v) is 6.26. The summed E-state index contributed by atoms with van der Waals surface area (Å²) in [5, 5.41) is 14.4. The van der Waals surface area contributed by atoms with Crippen LogP contribution in [0, 0.1) is 0 Å². The Hall–Kier alpha value is -3.07. The molecule has 3 heterocycles. The van der Waals surface area contributed by atoms with Gasteiger partial charge < -0.3 is 4.90 Å². The number of amides is 1. The van der Waals surface area contributed by atoms with Gasteiger partial charge in [-0.05, 0) is 35.0 Å². The first-order valence-corrected chi connectivity index (χ1v) is 11.4. The van der Waals surface area contributed by atoms with Gasteiger partial charge in [0.25, 0.3) is 0 Å². The number of nitrogens with zero attached hydrogens (tertiary/aromatic N) is 7. The Labute approximate surface area is 200 Å². The van der Waals surface area contributed by atoms with Gasteiger partial charge in [-0.1, -0.05) is 58.3 Å². The molecule has 2 aromatic heterocycles. The SMILES string of the molecule is O=C(N1CCN(Cc2ccc3ccccc3n2)CC1)n1nnc(Cc2ccc(Cl)cc2Cl)n1. The van der Waals surface area contributed by atoms with Gasteiger partial charge in [0.05, 0.1) is 11.2 Å². The summed E-state index contributed by atoms with van der Waals surface area (Å²) in [4.78, 5) is 22.7. The second kappa shape index (κ2) is 9.43. The van der Waals surface area contributed by atoms with E-state index in [1.807, 2.05) is 24.3 Å². The zero-order chi connectivity index (χ0) is 22.8. The lowest BCUT2D eigenvalue weighted by atomic mass is 10.1. The van der Waals surface area contributed by atoms with Crippen LogP contribution in [0.5, 0.6) is 0 Å². The molecule has 0 unspecified atom stereocenters. The third-order valence-electron chi connectivity index (χ3n) is 5.67. The maximum absolute atomic E-state index is 12.8. The minimum atomic E-state index is -0.278. The van der Waals surface area contributed by atoms with Crippen LogP contribution in [-0.4, -0.2) is 67.2 Å². The van der Waals surface area contributed by atoms with Crippen LogP contribution in [0.15, 0.2) is 54.6 Å². The topological polar surface area (TPSA) is 80.0 Å². The minimum Gasteiger partial charge on any atom is -0.319 e. The monoisotopic (exact) mass is 481 g/mol. The number of aromatic nitrogens is 5. The Morgan fingerprint density at radius 1 is 0.970 bits per heavy atom. The van der Waals surface area contributed by atoms with Crippen molar-refractivity contribution in [1.29, 1.82) is 0 Å². The van der Waals surface area contributed by atoms with E-state index < -0.39 is 0 Å². The summed E-state index contributed by atoms with van der Waals surface area (Å²) in [6.45, 7) is 3.43. The van der Waals surface area contributed by atoms with Crippen LogP contribution in [0.3, 0.4) is 0 Å². The number of benzene rings is 2. The Morgan fingerprint density at radius 3 is 2.61 bits per heavy atom. The molecule has 4 aromatic rings. The van der Waals surface area contributed by atoms with Gasteiger partial charge in [0.1, 0.15) is 0 Å². The molecule has 1 aliphatic rings. The van der Waals surface area contributed by atoms with Crippen LogP contribution in [0.1, 0.15) is 17.1 Å². The number of halogens is 2. The normalized spacial score (nSPS) is 14.7. The van der Waals surface area contributed by atoms with Gasteiger partial charge in [-0.3, -0.25) is 9.88 Å². The molecule has 0 bridgehead atoms. The van der Waals surface area contributed by atoms with Crippen LogP contribution < -0.4 is 0 Å². The van der Waals surface area contributed by atoms with Crippen LogP contribution in [0.25, 0.3) is 10.9 Å². The molecular formula is C23H21Cl2N7O. The zero-order valence-electron chi connectivity index (χ0n) is 17.7. The fraction of sp³-hybridized carbons (Fsp3) is 0.261. The highest BCUT2D eigenvalue weighted by Crippen LogP contribution is 2.22. The van der Waals surface area contributed by atoms with Crippen molar-refractivity contribution in [3.63, 3.8) is 0 Å². The summed E-state index contributed by atoms with van der Waals surface area (Å²) in [7, 11) is 0. The van der Waals surface area contributed by atoms with Crippen molar-refractivity contribution in [3.05, 3.63) is 81.7 Å². The molecule has 0 saturated carbocycles. The van der Waals surface area contributed by atoms with Gasteiger partial charge in [-0.25, -0.2) is 4.79 Å². The molecule has 1 aliphatic heterocycles. The van der Waals surface area contributed by atoms with Crippen LogP contribution in [0.2, 0.25) is 10.0 Å². The summed E-state index contributed by atoms with van der Waals surface area (Å²) in [6.07, 6.45) is 0.371. The number of carbonyl (C=O) groups excluding carboxylic acids is 1. The number of hydrogen-bond donors (Lipinski definition) is 0. The number of carbonyl (C=O) groups is 1. The predicted octanol–water partition coefficient (Wildman–Crippen LogP) is 3.90. The quantitative estimate of drug-likeness (QED) is 0.439. The minimum absolute atomic E-state index is 0.278. The maximum Gasteiger partial charge on any atom is 0.363 e. The molecule has 1 saturated heterocycles. The lowest BCUT2D eigenvalue weighted by molar-refractivity contribution is 0.131. The van der Waals surface area contributed by atoms with E-state index in [4.69, 9.17) is 28.2 Å². The standard InChI is InChI=1S/C23H21Cl2N7O/c24-18-7-5-17(20(25)14-18)13-22-27-29-32(28-22)23(33)31-11-9-30(10-12-31)15-19-8-6-16-3-1-2-4-21(16)26-19/h1-8,14H,9-13,15H2. The predicted molar refractivity (Wildman–Crippen MR) is 126 cm³/mol. The molecule has 1 amide bonds. The zero-order valence-corrected chi connectivity index (χ0v) is 19.2. The lowest BCUT2D eigenvalue weighted by Crippen LogP contribution is -2.50. The largest absolute Gasteiger partial charge is 0.363 e. The molecule has 10 heteroatoms. The number of rotatable bonds is 4. The number of hydrogen-bond acceptors (Lipinski definition) is 6. The number of fused-ring (bicyclic) bond motifs is 1. The van der Waals surface area contributed by atoms with Gasteiger partial charge in [-0.15, -0.1) is 10.2 Å². The Morgan fingerprint density at radius 2 is 1.79 bits per heavy atom. The van der Waals surface area contributed by atoms with E-state index >= 15 is 0 Å². The number of para-hydroxylation sites is 1. The van der Waals surface area contributed by atoms with E-state index in [0.29, 0.717) is 35.4 Å². The second-order valence-electron chi connectivity index (χ2n) is 7.95. The van der Waals surface area contributed by atoms with Crippen LogP contribution in [-0.2, 0) is 13.0 Å². The van der Waals surface area contributed by atoms with E-state index in [1.54, 1.807) is 17.0 Å². The molecule has 0 N–H and O–H groups in total. The van der Waals surface area contributed by atoms with Crippen molar-refractivity contribution in [2.24, 2.45) is 0 Å². The van der Waals surface area contributed by atoms with Gasteiger partial charge >= 0.3 is 6.03 Å². The van der Waals surface area contributed by atoms with Crippen molar-refractivity contribution < 1.29 is 4.79 Å². The highest BCUT2D eigenvalue weighted by Gasteiger charge is 2.24. The Balaban J connectivity index is 1.17. The van der Waals surface area contributed by atoms with Crippen molar-refractivity contribution in [3.8, 4) is 0 Å². The summed E-state index contributed by atoms with van der Waals surface area (Å²) in [5.41, 5.74) is 2.85. The van der Waals surface area contributed by atoms with E-state index in [0.717, 1.165) is 46.6 Å². The molecule has 2 aromatic carbocycles.